The van der Waals surface area contributed by atoms with Crippen LogP contribution in [0.3, 0.4) is 0 Å². The largest absolute Gasteiger partial charge is 0.306 e. The lowest BCUT2D eigenvalue weighted by atomic mass is 10.3. The van der Waals surface area contributed by atoms with Crippen molar-refractivity contribution < 1.29 is 4.79 Å². The van der Waals surface area contributed by atoms with E-state index >= 15 is 0 Å². The molecule has 0 aliphatic heterocycles. The summed E-state index contributed by atoms with van der Waals surface area (Å²) in [6, 6.07) is 10.7. The molecule has 0 spiro atoms. The Balaban J connectivity index is 1.67. The van der Waals surface area contributed by atoms with E-state index in [4.69, 9.17) is 11.6 Å². The lowest BCUT2D eigenvalue weighted by Gasteiger charge is -2.08. The molecule has 0 saturated carbocycles. The van der Waals surface area contributed by atoms with Crippen molar-refractivity contribution in [3.05, 3.63) is 71.8 Å². The van der Waals surface area contributed by atoms with Crippen molar-refractivity contribution in [1.82, 2.24) is 24.4 Å². The van der Waals surface area contributed by atoms with Crippen LogP contribution in [0.4, 0.5) is 5.82 Å². The molecule has 0 unspecified atom stereocenters. The van der Waals surface area contributed by atoms with Crippen LogP contribution in [0.25, 0.3) is 11.3 Å². The van der Waals surface area contributed by atoms with E-state index < -0.39 is 0 Å². The quantitative estimate of drug-likeness (QED) is 0.623. The molecule has 7 nitrogen and oxygen atoms in total. The molecule has 0 atom stereocenters. The highest BCUT2D eigenvalue weighted by Gasteiger charge is 2.16. The van der Waals surface area contributed by atoms with E-state index in [1.165, 1.54) is 6.20 Å². The third kappa shape index (κ3) is 2.50. The van der Waals surface area contributed by atoms with Crippen LogP contribution in [0.2, 0.25) is 5.02 Å². The minimum Gasteiger partial charge on any atom is -0.306 e. The molecule has 4 aromatic rings. The van der Waals surface area contributed by atoms with Gasteiger partial charge in [0.15, 0.2) is 5.65 Å². The molecule has 3 heterocycles. The van der Waals surface area contributed by atoms with Crippen molar-refractivity contribution in [2.24, 2.45) is 0 Å². The first-order valence-electron chi connectivity index (χ1n) is 7.12. The van der Waals surface area contributed by atoms with Gasteiger partial charge in [0, 0.05) is 23.5 Å². The first-order chi connectivity index (χ1) is 11.7. The smallest absolute Gasteiger partial charge is 0.262 e. The fourth-order valence-electron chi connectivity index (χ4n) is 2.38. The third-order valence-electron chi connectivity index (χ3n) is 3.46. The molecule has 3 aromatic heterocycles. The fraction of sp³-hybridized carbons (Fsp3) is 0. The van der Waals surface area contributed by atoms with Crippen molar-refractivity contribution >= 4 is 29.0 Å². The summed E-state index contributed by atoms with van der Waals surface area (Å²) < 4.78 is 3.14. The maximum atomic E-state index is 12.6. The topological polar surface area (TPSA) is 77.1 Å². The van der Waals surface area contributed by atoms with Gasteiger partial charge in [0.2, 0.25) is 0 Å². The van der Waals surface area contributed by atoms with Crippen LogP contribution in [0, 0.1) is 0 Å². The average molecular weight is 339 g/mol. The van der Waals surface area contributed by atoms with Gasteiger partial charge in [-0.05, 0) is 24.3 Å². The van der Waals surface area contributed by atoms with Crippen LogP contribution in [0.1, 0.15) is 10.4 Å². The van der Waals surface area contributed by atoms with E-state index in [9.17, 15) is 4.79 Å². The molecule has 0 aliphatic rings. The van der Waals surface area contributed by atoms with Crippen molar-refractivity contribution in [3.8, 4) is 5.69 Å². The Hall–Kier alpha value is -3.19. The zero-order valence-electron chi connectivity index (χ0n) is 12.3. The zero-order chi connectivity index (χ0) is 16.5. The predicted octanol–water partition coefficient (Wildman–Crippen LogP) is 2.82. The molecule has 0 radical (unpaired) electrons. The molecule has 0 aliphatic carbocycles. The third-order valence-corrected chi connectivity index (χ3v) is 3.70. The summed E-state index contributed by atoms with van der Waals surface area (Å²) in [5.74, 6) is 0.213. The number of hydrogen-bond donors (Lipinski definition) is 1. The Bertz CT molecular complexity index is 1040. The van der Waals surface area contributed by atoms with E-state index in [0.29, 0.717) is 22.1 Å². The molecule has 1 N–H and O–H groups in total. The van der Waals surface area contributed by atoms with Gasteiger partial charge < -0.3 is 5.32 Å². The van der Waals surface area contributed by atoms with Crippen LogP contribution in [0.15, 0.2) is 61.2 Å². The summed E-state index contributed by atoms with van der Waals surface area (Å²) >= 11 is 6.02. The van der Waals surface area contributed by atoms with Crippen molar-refractivity contribution in [3.63, 3.8) is 0 Å². The number of amides is 1. The van der Waals surface area contributed by atoms with E-state index in [-0.39, 0.29) is 5.91 Å². The molecule has 118 valence electrons. The first kappa shape index (κ1) is 14.4. The highest BCUT2D eigenvalue weighted by molar-refractivity contribution is 6.30. The summed E-state index contributed by atoms with van der Waals surface area (Å²) in [7, 11) is 0. The number of aromatic nitrogens is 5. The van der Waals surface area contributed by atoms with Gasteiger partial charge in [-0.3, -0.25) is 4.79 Å². The number of nitrogens with zero attached hydrogens (tertiary/aromatic N) is 5. The van der Waals surface area contributed by atoms with Gasteiger partial charge in [-0.2, -0.15) is 10.2 Å². The highest BCUT2D eigenvalue weighted by Crippen LogP contribution is 2.19. The number of nitrogens with one attached hydrogen (secondary N) is 1. The predicted molar refractivity (Wildman–Crippen MR) is 89.5 cm³/mol. The van der Waals surface area contributed by atoms with E-state index in [1.54, 1.807) is 52.1 Å². The van der Waals surface area contributed by atoms with Gasteiger partial charge in [0.25, 0.3) is 5.91 Å². The van der Waals surface area contributed by atoms with Crippen LogP contribution in [-0.2, 0) is 0 Å². The van der Waals surface area contributed by atoms with E-state index in [0.717, 1.165) is 5.69 Å². The van der Waals surface area contributed by atoms with E-state index in [2.05, 4.69) is 20.5 Å². The number of carbonyl (C=O) groups excluding carboxylic acids is 1. The Kier molecular flexibility index (Phi) is 3.47. The second kappa shape index (κ2) is 5.78. The first-order valence-corrected chi connectivity index (χ1v) is 7.50. The summed E-state index contributed by atoms with van der Waals surface area (Å²) in [4.78, 5) is 16.7. The van der Waals surface area contributed by atoms with Crippen molar-refractivity contribution in [2.75, 3.05) is 5.32 Å². The molecule has 8 heteroatoms. The maximum Gasteiger partial charge on any atom is 0.262 e. The Morgan fingerprint density at radius 3 is 2.92 bits per heavy atom. The van der Waals surface area contributed by atoms with Crippen LogP contribution >= 0.6 is 11.6 Å². The minimum absolute atomic E-state index is 0.313. The Morgan fingerprint density at radius 2 is 2.04 bits per heavy atom. The summed E-state index contributed by atoms with van der Waals surface area (Å²) in [6.07, 6.45) is 6.43. The van der Waals surface area contributed by atoms with Crippen molar-refractivity contribution in [2.45, 2.75) is 0 Å². The lowest BCUT2D eigenvalue weighted by molar-refractivity contribution is 0.102. The van der Waals surface area contributed by atoms with Crippen LogP contribution in [0.5, 0.6) is 0 Å². The number of benzene rings is 1. The minimum atomic E-state index is -0.313. The summed E-state index contributed by atoms with van der Waals surface area (Å²) in [5.41, 5.74) is 1.62. The monoisotopic (exact) mass is 338 g/mol. The fourth-order valence-corrected chi connectivity index (χ4v) is 2.57. The van der Waals surface area contributed by atoms with Crippen LogP contribution in [-0.4, -0.2) is 30.3 Å². The molecule has 0 bridgehead atoms. The number of carbonyl (C=O) groups is 1. The Morgan fingerprint density at radius 1 is 1.12 bits per heavy atom. The van der Waals surface area contributed by atoms with Crippen LogP contribution < -0.4 is 5.32 Å². The molecule has 24 heavy (non-hydrogen) atoms. The summed E-state index contributed by atoms with van der Waals surface area (Å²) in [5, 5.41) is 11.8. The molecular weight excluding hydrogens is 328 g/mol. The number of rotatable bonds is 3. The van der Waals surface area contributed by atoms with Gasteiger partial charge >= 0.3 is 0 Å². The number of hydrogen-bond acceptors (Lipinski definition) is 4. The second-order valence-electron chi connectivity index (χ2n) is 5.01. The Labute approximate surface area is 141 Å². The number of halogens is 1. The standard InChI is InChI=1S/C16H11ClN6O/c17-11-3-1-4-12(9-11)23-14(5-7-19-23)21-16(24)13-10-20-22-8-2-6-18-15(13)22/h1-10H,(H,21,24). The highest BCUT2D eigenvalue weighted by atomic mass is 35.5. The normalized spacial score (nSPS) is 10.9. The molecule has 1 aromatic carbocycles. The van der Waals surface area contributed by atoms with Crippen molar-refractivity contribution in [1.29, 1.82) is 0 Å². The average Bonchev–Trinajstić information content (AvgIpc) is 3.21. The number of fused-ring (bicyclic) bond motifs is 1. The van der Waals surface area contributed by atoms with Gasteiger partial charge in [-0.1, -0.05) is 17.7 Å². The van der Waals surface area contributed by atoms with Gasteiger partial charge in [-0.15, -0.1) is 0 Å². The molecule has 4 rings (SSSR count). The molecular formula is C16H11ClN6O. The maximum absolute atomic E-state index is 12.6. The molecule has 0 fully saturated rings. The number of anilines is 1. The lowest BCUT2D eigenvalue weighted by Crippen LogP contribution is -2.15. The van der Waals surface area contributed by atoms with Gasteiger partial charge in [0.1, 0.15) is 11.4 Å². The SMILES string of the molecule is O=C(Nc1ccnn1-c1cccc(Cl)c1)c1cnn2cccnc12. The molecule has 0 saturated heterocycles. The zero-order valence-corrected chi connectivity index (χ0v) is 13.1. The van der Waals surface area contributed by atoms with E-state index in [1.807, 2.05) is 12.1 Å². The second-order valence-corrected chi connectivity index (χ2v) is 5.44. The summed E-state index contributed by atoms with van der Waals surface area (Å²) in [6.45, 7) is 0. The van der Waals surface area contributed by atoms with Gasteiger partial charge in [0.05, 0.1) is 18.1 Å². The molecule has 1 amide bonds. The van der Waals surface area contributed by atoms with Gasteiger partial charge in [-0.25, -0.2) is 14.2 Å².